The Balaban J connectivity index is 0.00000129. The molecule has 3 aromatic rings. The van der Waals surface area contributed by atoms with Gasteiger partial charge in [-0.2, -0.15) is 0 Å². The lowest BCUT2D eigenvalue weighted by atomic mass is 9.86. The third kappa shape index (κ3) is 7.80. The van der Waals surface area contributed by atoms with Gasteiger partial charge >= 0.3 is 5.97 Å². The van der Waals surface area contributed by atoms with Crippen LogP contribution in [0, 0.1) is 0 Å². The number of aromatic carboxylic acids is 1. The number of carboxylic acids is 1. The van der Waals surface area contributed by atoms with Gasteiger partial charge in [0, 0.05) is 36.1 Å². The summed E-state index contributed by atoms with van der Waals surface area (Å²) in [4.78, 5) is 13.7. The predicted molar refractivity (Wildman–Crippen MR) is 170 cm³/mol. The summed E-state index contributed by atoms with van der Waals surface area (Å²) in [5, 5.41) is 10.7. The molecule has 0 spiro atoms. The van der Waals surface area contributed by atoms with Crippen LogP contribution in [0.1, 0.15) is 84.1 Å². The van der Waals surface area contributed by atoms with E-state index in [1.165, 1.54) is 6.42 Å². The van der Waals surface area contributed by atoms with Crippen LogP contribution in [0.5, 0.6) is 0 Å². The number of aryl methyl sites for hydroxylation is 1. The van der Waals surface area contributed by atoms with Gasteiger partial charge < -0.3 is 5.11 Å². The number of alkyl halides is 2. The third-order valence-corrected chi connectivity index (χ3v) is 8.35. The first kappa shape index (κ1) is 32.2. The minimum atomic E-state index is -1.32. The monoisotopic (exact) mass is 613 g/mol. The largest absolute Gasteiger partial charge is 0.478 e. The summed E-state index contributed by atoms with van der Waals surface area (Å²) in [6.45, 7) is 5.45. The number of benzene rings is 3. The molecule has 0 amide bonds. The van der Waals surface area contributed by atoms with Crippen molar-refractivity contribution in [1.82, 2.24) is 4.90 Å². The Morgan fingerprint density at radius 2 is 1.71 bits per heavy atom. The second-order valence-corrected chi connectivity index (χ2v) is 12.2. The number of likely N-dealkylation sites (tertiary alicyclic amines) is 1. The molecule has 42 heavy (non-hydrogen) atoms. The molecular weight excluding hydrogens is 575 g/mol. The lowest BCUT2D eigenvalue weighted by Crippen LogP contribution is -2.31. The van der Waals surface area contributed by atoms with E-state index in [0.717, 1.165) is 58.2 Å². The molecule has 0 saturated carbocycles. The third-order valence-electron chi connectivity index (χ3n) is 7.81. The summed E-state index contributed by atoms with van der Waals surface area (Å²) in [6, 6.07) is 18.8. The fourth-order valence-corrected chi connectivity index (χ4v) is 6.47. The smallest absolute Gasteiger partial charge is 0.335 e. The Morgan fingerprint density at radius 3 is 2.38 bits per heavy atom. The van der Waals surface area contributed by atoms with Crippen molar-refractivity contribution < 1.29 is 18.7 Å². The SMILES string of the molecule is CCC.O=C(O)c1ccc2c(c1)CCCC(c1ccc(Cl)cc1Cl)=C2c1ccc(CC2(F)CCN(CCCF)C2)cc1. The minimum absolute atomic E-state index is 0.266. The first-order valence-electron chi connectivity index (χ1n) is 14.8. The summed E-state index contributed by atoms with van der Waals surface area (Å²) in [7, 11) is 0. The predicted octanol–water partition coefficient (Wildman–Crippen LogP) is 9.72. The van der Waals surface area contributed by atoms with E-state index in [1.54, 1.807) is 18.2 Å². The highest BCUT2D eigenvalue weighted by molar-refractivity contribution is 6.36. The molecule has 1 fully saturated rings. The number of hydrogen-bond donors (Lipinski definition) is 1. The van der Waals surface area contributed by atoms with Gasteiger partial charge in [0.15, 0.2) is 0 Å². The summed E-state index contributed by atoms with van der Waals surface area (Å²) in [5.41, 5.74) is 5.77. The standard InChI is InChI=1S/C32H31Cl2F2NO2.C3H8/c33-25-10-12-27(29(34)18-25)28-4-1-3-23-17-24(31(38)39)9-11-26(23)30(28)22-7-5-21(6-8-22)19-32(36)13-16-37(20-32)15-2-14-35;1-3-2/h5-12,17-18H,1-4,13-16,19-20H2,(H,38,39);3H2,1-2H3. The highest BCUT2D eigenvalue weighted by Crippen LogP contribution is 2.42. The van der Waals surface area contributed by atoms with E-state index < -0.39 is 11.6 Å². The molecule has 0 bridgehead atoms. The minimum Gasteiger partial charge on any atom is -0.478 e. The number of rotatable bonds is 8. The van der Waals surface area contributed by atoms with Crippen molar-refractivity contribution >= 4 is 40.3 Å². The molecule has 1 aliphatic carbocycles. The van der Waals surface area contributed by atoms with E-state index in [2.05, 4.69) is 13.8 Å². The molecule has 0 aromatic heterocycles. The van der Waals surface area contributed by atoms with Gasteiger partial charge in [0.05, 0.1) is 12.2 Å². The average Bonchev–Trinajstić information content (AvgIpc) is 3.22. The van der Waals surface area contributed by atoms with Gasteiger partial charge in [-0.25, -0.2) is 9.18 Å². The molecule has 1 unspecified atom stereocenters. The zero-order chi connectivity index (χ0) is 30.3. The molecule has 224 valence electrons. The molecule has 3 aromatic carbocycles. The molecular formula is C35H39Cl2F2NO2. The van der Waals surface area contributed by atoms with Crippen LogP contribution in [0.3, 0.4) is 0 Å². The van der Waals surface area contributed by atoms with Crippen molar-refractivity contribution in [2.45, 2.75) is 64.5 Å². The number of fused-ring (bicyclic) bond motifs is 1. The summed E-state index contributed by atoms with van der Waals surface area (Å²) in [5.74, 6) is -0.951. The van der Waals surface area contributed by atoms with Crippen LogP contribution in [0.2, 0.25) is 10.0 Å². The second kappa shape index (κ2) is 14.6. The highest BCUT2D eigenvalue weighted by atomic mass is 35.5. The quantitative estimate of drug-likeness (QED) is 0.275. The van der Waals surface area contributed by atoms with Gasteiger partial charge in [0.25, 0.3) is 0 Å². The van der Waals surface area contributed by atoms with E-state index in [1.807, 2.05) is 47.4 Å². The molecule has 1 N–H and O–H groups in total. The summed E-state index contributed by atoms with van der Waals surface area (Å²) < 4.78 is 28.2. The van der Waals surface area contributed by atoms with Crippen molar-refractivity contribution in [3.05, 3.63) is 104 Å². The molecule has 0 radical (unpaired) electrons. The Morgan fingerprint density at radius 1 is 1.00 bits per heavy atom. The molecule has 7 heteroatoms. The van der Waals surface area contributed by atoms with Crippen LogP contribution >= 0.6 is 23.2 Å². The highest BCUT2D eigenvalue weighted by Gasteiger charge is 2.38. The topological polar surface area (TPSA) is 40.5 Å². The van der Waals surface area contributed by atoms with Gasteiger partial charge in [-0.05, 0) is 95.3 Å². The number of allylic oxidation sites excluding steroid dienone is 1. The van der Waals surface area contributed by atoms with E-state index in [9.17, 15) is 14.3 Å². The molecule has 2 aliphatic rings. The van der Waals surface area contributed by atoms with Gasteiger partial charge in [-0.1, -0.05) is 79.9 Å². The Kier molecular flexibility index (Phi) is 11.2. The number of carbonyl (C=O) groups is 1. The van der Waals surface area contributed by atoms with Crippen molar-refractivity contribution in [3.63, 3.8) is 0 Å². The Labute approximate surface area is 258 Å². The van der Waals surface area contributed by atoms with Crippen LogP contribution in [0.25, 0.3) is 11.1 Å². The maximum absolute atomic E-state index is 15.6. The van der Waals surface area contributed by atoms with Crippen LogP contribution in [0.15, 0.2) is 60.7 Å². The number of halogens is 4. The van der Waals surface area contributed by atoms with Gasteiger partial charge in [-0.3, -0.25) is 9.29 Å². The van der Waals surface area contributed by atoms with Gasteiger partial charge in [-0.15, -0.1) is 0 Å². The van der Waals surface area contributed by atoms with Gasteiger partial charge in [0.2, 0.25) is 0 Å². The van der Waals surface area contributed by atoms with Crippen molar-refractivity contribution in [1.29, 1.82) is 0 Å². The maximum atomic E-state index is 15.6. The summed E-state index contributed by atoms with van der Waals surface area (Å²) >= 11 is 12.9. The van der Waals surface area contributed by atoms with Crippen LogP contribution in [-0.2, 0) is 12.8 Å². The number of nitrogens with zero attached hydrogens (tertiary/aromatic N) is 1. The van der Waals surface area contributed by atoms with E-state index in [4.69, 9.17) is 23.2 Å². The first-order chi connectivity index (χ1) is 20.2. The summed E-state index contributed by atoms with van der Waals surface area (Å²) in [6.07, 6.45) is 4.80. The van der Waals surface area contributed by atoms with E-state index in [-0.39, 0.29) is 12.2 Å². The lowest BCUT2D eigenvalue weighted by molar-refractivity contribution is 0.0696. The first-order valence-corrected chi connectivity index (χ1v) is 15.5. The Hall–Kier alpha value is -2.73. The molecule has 3 nitrogen and oxygen atoms in total. The number of carboxylic acid groups (broad SMARTS) is 1. The van der Waals surface area contributed by atoms with Crippen LogP contribution < -0.4 is 0 Å². The zero-order valence-corrected chi connectivity index (χ0v) is 25.9. The van der Waals surface area contributed by atoms with Crippen LogP contribution in [-0.4, -0.2) is 48.0 Å². The Bertz CT molecular complexity index is 1420. The van der Waals surface area contributed by atoms with E-state index >= 15 is 4.39 Å². The molecule has 1 heterocycles. The fraction of sp³-hybridized carbons (Fsp3) is 0.400. The van der Waals surface area contributed by atoms with Crippen molar-refractivity contribution in [2.75, 3.05) is 26.3 Å². The lowest BCUT2D eigenvalue weighted by Gasteiger charge is -2.22. The van der Waals surface area contributed by atoms with Crippen molar-refractivity contribution in [2.24, 2.45) is 0 Å². The van der Waals surface area contributed by atoms with Crippen molar-refractivity contribution in [3.8, 4) is 0 Å². The molecule has 1 aliphatic heterocycles. The van der Waals surface area contributed by atoms with Gasteiger partial charge in [0.1, 0.15) is 5.67 Å². The van der Waals surface area contributed by atoms with E-state index in [0.29, 0.717) is 48.9 Å². The fourth-order valence-electron chi connectivity index (χ4n) is 5.94. The average molecular weight is 615 g/mol. The number of hydrogen-bond acceptors (Lipinski definition) is 2. The van der Waals surface area contributed by atoms with Crippen LogP contribution in [0.4, 0.5) is 8.78 Å². The second-order valence-electron chi connectivity index (χ2n) is 11.3. The maximum Gasteiger partial charge on any atom is 0.335 e. The molecule has 1 saturated heterocycles. The zero-order valence-electron chi connectivity index (χ0n) is 24.4. The normalized spacial score (nSPS) is 18.7. The molecule has 5 rings (SSSR count). The molecule has 1 atom stereocenters.